The Morgan fingerprint density at radius 3 is 1.44 bits per heavy atom. The fraction of sp³-hybridized carbons (Fsp3) is 0.0909. The fourth-order valence-electron chi connectivity index (χ4n) is 2.61. The van der Waals surface area contributed by atoms with Crippen LogP contribution in [0, 0.1) is 0 Å². The van der Waals surface area contributed by atoms with Gasteiger partial charge in [0.2, 0.25) is 0 Å². The molecule has 32 heavy (non-hydrogen) atoms. The molecule has 3 aromatic rings. The summed E-state index contributed by atoms with van der Waals surface area (Å²) in [4.78, 5) is 8.78. The summed E-state index contributed by atoms with van der Waals surface area (Å²) in [5.41, 5.74) is 15.5. The highest BCUT2D eigenvalue weighted by Crippen LogP contribution is 2.31. The maximum atomic E-state index is 6.25. The van der Waals surface area contributed by atoms with Gasteiger partial charge in [-0.25, -0.2) is 9.98 Å². The number of hydrogen-bond donors (Lipinski definition) is 2. The number of nitrogens with zero attached hydrogens (tertiary/aromatic N) is 2. The van der Waals surface area contributed by atoms with Gasteiger partial charge in [0, 0.05) is 21.6 Å². The van der Waals surface area contributed by atoms with Crippen LogP contribution in [0.5, 0.6) is 0 Å². The van der Waals surface area contributed by atoms with Crippen LogP contribution in [-0.2, 0) is 11.5 Å². The lowest BCUT2D eigenvalue weighted by molar-refractivity contribution is 1.29. The second-order valence-corrected chi connectivity index (χ2v) is 10.2. The van der Waals surface area contributed by atoms with Crippen molar-refractivity contribution in [1.82, 2.24) is 0 Å². The third-order valence-electron chi connectivity index (χ3n) is 4.09. The molecule has 3 rings (SSSR count). The van der Waals surface area contributed by atoms with Crippen LogP contribution in [0.15, 0.2) is 70.6 Å². The molecule has 4 N–H and O–H groups in total. The maximum absolute atomic E-state index is 6.25. The number of amidine groups is 2. The molecule has 0 aliphatic rings. The van der Waals surface area contributed by atoms with Crippen molar-refractivity contribution < 1.29 is 0 Å². The van der Waals surface area contributed by atoms with Crippen molar-refractivity contribution in [3.05, 3.63) is 91.9 Å². The first-order chi connectivity index (χ1) is 15.3. The second-order valence-electron chi connectivity index (χ2n) is 6.47. The predicted octanol–water partition coefficient (Wildman–Crippen LogP) is 8.06. The molecule has 0 radical (unpaired) electrons. The van der Waals surface area contributed by atoms with Crippen molar-refractivity contribution in [3.63, 3.8) is 0 Å². The van der Waals surface area contributed by atoms with Gasteiger partial charge in [-0.15, -0.1) is 0 Å². The van der Waals surface area contributed by atoms with E-state index in [4.69, 9.17) is 57.9 Å². The molecule has 166 valence electrons. The summed E-state index contributed by atoms with van der Waals surface area (Å²) in [6, 6.07) is 18.1. The molecule has 0 unspecified atom stereocenters. The molecule has 0 amide bonds. The van der Waals surface area contributed by atoms with Gasteiger partial charge in [-0.05, 0) is 59.7 Å². The molecule has 0 saturated carbocycles. The molecule has 0 spiro atoms. The molecule has 0 saturated heterocycles. The van der Waals surface area contributed by atoms with Crippen LogP contribution >= 0.6 is 69.9 Å². The SMILES string of the molecule is N/C(=N\c1cccc(Cl)c1)SCc1cc(Cl)c(Cl)cc1CS/C(N)=N/c1cccc(Cl)c1. The molecule has 0 aliphatic heterocycles. The monoisotopic (exact) mass is 542 g/mol. The molecule has 0 atom stereocenters. The summed E-state index contributed by atoms with van der Waals surface area (Å²) in [6.45, 7) is 0. The van der Waals surface area contributed by atoms with Crippen molar-refractivity contribution >= 4 is 91.6 Å². The summed E-state index contributed by atoms with van der Waals surface area (Å²) in [5, 5.41) is 2.98. The topological polar surface area (TPSA) is 76.8 Å². The summed E-state index contributed by atoms with van der Waals surface area (Å²) < 4.78 is 0. The van der Waals surface area contributed by atoms with Crippen LogP contribution in [0.2, 0.25) is 20.1 Å². The maximum Gasteiger partial charge on any atom is 0.159 e. The van der Waals surface area contributed by atoms with Crippen LogP contribution in [0.4, 0.5) is 11.4 Å². The van der Waals surface area contributed by atoms with Gasteiger partial charge in [0.15, 0.2) is 10.3 Å². The minimum atomic E-state index is 0.416. The molecule has 10 heteroatoms. The Morgan fingerprint density at radius 2 is 1.06 bits per heavy atom. The lowest BCUT2D eigenvalue weighted by Gasteiger charge is -2.11. The average Bonchev–Trinajstić information content (AvgIpc) is 2.73. The van der Waals surface area contributed by atoms with Crippen molar-refractivity contribution in [2.24, 2.45) is 21.5 Å². The molecule has 0 aliphatic carbocycles. The van der Waals surface area contributed by atoms with E-state index in [2.05, 4.69) is 9.98 Å². The van der Waals surface area contributed by atoms with E-state index in [1.807, 2.05) is 36.4 Å². The average molecular weight is 544 g/mol. The van der Waals surface area contributed by atoms with Crippen molar-refractivity contribution in [1.29, 1.82) is 0 Å². The number of hydrogen-bond acceptors (Lipinski definition) is 4. The van der Waals surface area contributed by atoms with E-state index in [0.29, 0.717) is 53.3 Å². The smallest absolute Gasteiger partial charge is 0.159 e. The van der Waals surface area contributed by atoms with Crippen molar-refractivity contribution in [2.45, 2.75) is 11.5 Å². The van der Waals surface area contributed by atoms with E-state index in [9.17, 15) is 0 Å². The summed E-state index contributed by atoms with van der Waals surface area (Å²) in [5.74, 6) is 1.13. The summed E-state index contributed by atoms with van der Waals surface area (Å²) >= 11 is 27.3. The van der Waals surface area contributed by atoms with Crippen LogP contribution < -0.4 is 11.5 Å². The molecule has 0 fully saturated rings. The quantitative estimate of drug-likeness (QED) is 0.243. The van der Waals surface area contributed by atoms with E-state index < -0.39 is 0 Å². The van der Waals surface area contributed by atoms with Gasteiger partial charge >= 0.3 is 0 Å². The lowest BCUT2D eigenvalue weighted by Crippen LogP contribution is -2.08. The van der Waals surface area contributed by atoms with Gasteiger partial charge in [-0.1, -0.05) is 82.1 Å². The highest BCUT2D eigenvalue weighted by Gasteiger charge is 2.10. The Balaban J connectivity index is 1.71. The second kappa shape index (κ2) is 12.1. The van der Waals surface area contributed by atoms with Crippen molar-refractivity contribution in [3.8, 4) is 0 Å². The Kier molecular flexibility index (Phi) is 9.46. The number of rotatable bonds is 6. The number of aliphatic imine (C=N–C) groups is 2. The Morgan fingerprint density at radius 1 is 0.656 bits per heavy atom. The summed E-state index contributed by atoms with van der Waals surface area (Å²) in [6.07, 6.45) is 0. The number of thioether (sulfide) groups is 2. The normalized spacial score (nSPS) is 12.2. The standard InChI is InChI=1S/C22H18Cl4N4S2/c23-15-3-1-5-17(9-15)29-21(27)31-11-13-7-19(25)20(26)8-14(13)12-32-22(28)30-18-6-2-4-16(24)10-18/h1-10H,11-12H2,(H2,27,29)(H2,28,30). The van der Waals surface area contributed by atoms with Crippen molar-refractivity contribution in [2.75, 3.05) is 0 Å². The predicted molar refractivity (Wildman–Crippen MR) is 145 cm³/mol. The number of nitrogens with two attached hydrogens (primary N) is 2. The van der Waals surface area contributed by atoms with E-state index in [0.717, 1.165) is 11.1 Å². The highest BCUT2D eigenvalue weighted by atomic mass is 35.5. The zero-order valence-corrected chi connectivity index (χ0v) is 21.2. The van der Waals surface area contributed by atoms with Crippen LogP contribution in [0.1, 0.15) is 11.1 Å². The first-order valence-corrected chi connectivity index (χ1v) is 12.7. The van der Waals surface area contributed by atoms with Gasteiger partial charge in [0.05, 0.1) is 21.4 Å². The van der Waals surface area contributed by atoms with Gasteiger partial charge in [-0.2, -0.15) is 0 Å². The number of benzene rings is 3. The van der Waals surface area contributed by atoms with Crippen LogP contribution in [0.3, 0.4) is 0 Å². The van der Waals surface area contributed by atoms with E-state index in [1.165, 1.54) is 23.5 Å². The molecular weight excluding hydrogens is 526 g/mol. The first-order valence-electron chi connectivity index (χ1n) is 9.22. The van der Waals surface area contributed by atoms with Gasteiger partial charge in [-0.3, -0.25) is 0 Å². The minimum absolute atomic E-state index is 0.416. The molecular formula is C22H18Cl4N4S2. The minimum Gasteiger partial charge on any atom is -0.378 e. The van der Waals surface area contributed by atoms with E-state index in [-0.39, 0.29) is 0 Å². The molecule has 0 bridgehead atoms. The third kappa shape index (κ3) is 7.80. The Bertz CT molecular complexity index is 1080. The fourth-order valence-corrected chi connectivity index (χ4v) is 4.84. The Hall–Kier alpha value is -1.54. The zero-order valence-electron chi connectivity index (χ0n) is 16.6. The summed E-state index contributed by atoms with van der Waals surface area (Å²) in [7, 11) is 0. The lowest BCUT2D eigenvalue weighted by atomic mass is 10.1. The molecule has 3 aromatic carbocycles. The molecule has 0 heterocycles. The van der Waals surface area contributed by atoms with Gasteiger partial charge in [0.25, 0.3) is 0 Å². The van der Waals surface area contributed by atoms with Crippen LogP contribution in [0.25, 0.3) is 0 Å². The van der Waals surface area contributed by atoms with E-state index in [1.54, 1.807) is 24.3 Å². The number of halogens is 4. The highest BCUT2D eigenvalue weighted by molar-refractivity contribution is 8.13. The first kappa shape index (κ1) is 25.1. The molecule has 4 nitrogen and oxygen atoms in total. The largest absolute Gasteiger partial charge is 0.378 e. The van der Waals surface area contributed by atoms with Gasteiger partial charge < -0.3 is 11.5 Å². The van der Waals surface area contributed by atoms with Crippen LogP contribution in [-0.4, -0.2) is 10.3 Å². The van der Waals surface area contributed by atoms with E-state index >= 15 is 0 Å². The third-order valence-corrected chi connectivity index (χ3v) is 6.97. The Labute approximate surface area is 215 Å². The zero-order chi connectivity index (χ0) is 23.1. The van der Waals surface area contributed by atoms with Gasteiger partial charge in [0.1, 0.15) is 0 Å². The molecule has 0 aromatic heterocycles.